The number of fused-ring (bicyclic) bond motifs is 1. The largest absolute Gasteiger partial charge is 0.381 e. The zero-order valence-electron chi connectivity index (χ0n) is 13.3. The molecule has 0 spiro atoms. The first-order chi connectivity index (χ1) is 11.2. The maximum atomic E-state index is 13.5. The minimum absolute atomic E-state index is 0.253. The number of rotatable bonds is 2. The summed E-state index contributed by atoms with van der Waals surface area (Å²) >= 11 is 6.47. The Kier molecular flexibility index (Phi) is 4.08. The number of benzene rings is 1. The van der Waals surface area contributed by atoms with Crippen molar-refractivity contribution in [3.05, 3.63) is 34.9 Å². The van der Waals surface area contributed by atoms with E-state index in [0.717, 1.165) is 44.6 Å². The number of ether oxygens (including phenoxy) is 1. The molecule has 3 aliphatic rings. The van der Waals surface area contributed by atoms with E-state index in [2.05, 4.69) is 10.2 Å². The molecular weight excluding hydrogens is 312 g/mol. The zero-order chi connectivity index (χ0) is 15.9. The monoisotopic (exact) mass is 334 g/mol. The number of hydrogen-bond acceptors (Lipinski definition) is 3. The molecule has 0 aliphatic carbocycles. The van der Waals surface area contributed by atoms with Gasteiger partial charge in [-0.05, 0) is 36.3 Å². The highest BCUT2D eigenvalue weighted by molar-refractivity contribution is 6.31. The number of carbonyl (C=O) groups is 1. The Morgan fingerprint density at radius 3 is 2.48 bits per heavy atom. The fourth-order valence-electron chi connectivity index (χ4n) is 4.49. The van der Waals surface area contributed by atoms with E-state index in [0.29, 0.717) is 30.1 Å². The van der Waals surface area contributed by atoms with Crippen molar-refractivity contribution in [3.8, 4) is 0 Å². The first-order valence-electron chi connectivity index (χ1n) is 8.53. The predicted octanol–water partition coefficient (Wildman–Crippen LogP) is 2.07. The average molecular weight is 335 g/mol. The molecule has 0 saturated carbocycles. The fourth-order valence-corrected chi connectivity index (χ4v) is 4.81. The van der Waals surface area contributed by atoms with Crippen molar-refractivity contribution in [2.24, 2.45) is 11.8 Å². The van der Waals surface area contributed by atoms with Gasteiger partial charge in [-0.1, -0.05) is 29.8 Å². The van der Waals surface area contributed by atoms with Gasteiger partial charge < -0.3 is 15.0 Å². The van der Waals surface area contributed by atoms with E-state index in [9.17, 15) is 4.79 Å². The molecule has 0 bridgehead atoms. The van der Waals surface area contributed by atoms with E-state index in [-0.39, 0.29) is 5.91 Å². The van der Waals surface area contributed by atoms with Crippen LogP contribution in [0.5, 0.6) is 0 Å². The second-order valence-corrected chi connectivity index (χ2v) is 7.47. The van der Waals surface area contributed by atoms with E-state index < -0.39 is 5.41 Å². The highest BCUT2D eigenvalue weighted by Crippen LogP contribution is 2.41. The van der Waals surface area contributed by atoms with Crippen LogP contribution in [0.3, 0.4) is 0 Å². The second kappa shape index (κ2) is 6.08. The molecule has 1 amide bonds. The third-order valence-corrected chi connectivity index (χ3v) is 6.15. The van der Waals surface area contributed by atoms with Crippen LogP contribution in [0.1, 0.15) is 18.4 Å². The van der Waals surface area contributed by atoms with Crippen LogP contribution >= 0.6 is 11.6 Å². The van der Waals surface area contributed by atoms with Gasteiger partial charge in [-0.25, -0.2) is 0 Å². The molecule has 5 heteroatoms. The Morgan fingerprint density at radius 1 is 1.17 bits per heavy atom. The lowest BCUT2D eigenvalue weighted by molar-refractivity contribution is -0.140. The molecule has 2 atom stereocenters. The van der Waals surface area contributed by atoms with E-state index in [1.807, 2.05) is 24.3 Å². The van der Waals surface area contributed by atoms with Crippen LogP contribution in [0, 0.1) is 11.8 Å². The number of carbonyl (C=O) groups excluding carboxylic acids is 1. The summed E-state index contributed by atoms with van der Waals surface area (Å²) in [4.78, 5) is 15.6. The number of hydrogen-bond donors (Lipinski definition) is 1. The van der Waals surface area contributed by atoms with Crippen molar-refractivity contribution in [3.63, 3.8) is 0 Å². The molecule has 3 aliphatic heterocycles. The Bertz CT molecular complexity index is 588. The Hall–Kier alpha value is -1.10. The van der Waals surface area contributed by atoms with Crippen LogP contribution in [0.4, 0.5) is 0 Å². The maximum Gasteiger partial charge on any atom is 0.233 e. The van der Waals surface area contributed by atoms with Crippen molar-refractivity contribution in [2.45, 2.75) is 18.3 Å². The number of nitrogens with zero attached hydrogens (tertiary/aromatic N) is 1. The molecule has 0 radical (unpaired) electrons. The number of halogens is 1. The van der Waals surface area contributed by atoms with Gasteiger partial charge in [-0.15, -0.1) is 0 Å². The summed E-state index contributed by atoms with van der Waals surface area (Å²) in [7, 11) is 0. The van der Waals surface area contributed by atoms with Gasteiger partial charge in [0, 0.05) is 44.4 Å². The lowest BCUT2D eigenvalue weighted by Crippen LogP contribution is -2.50. The van der Waals surface area contributed by atoms with Gasteiger partial charge in [0.05, 0.1) is 5.41 Å². The molecule has 1 N–H and O–H groups in total. The Labute approximate surface area is 142 Å². The molecule has 4 nitrogen and oxygen atoms in total. The summed E-state index contributed by atoms with van der Waals surface area (Å²) in [6.07, 6.45) is 1.44. The number of likely N-dealkylation sites (tertiary alicyclic amines) is 1. The molecule has 3 saturated heterocycles. The summed E-state index contributed by atoms with van der Waals surface area (Å²) in [5.74, 6) is 1.48. The van der Waals surface area contributed by atoms with Gasteiger partial charge in [0.15, 0.2) is 0 Å². The lowest BCUT2D eigenvalue weighted by Gasteiger charge is -2.39. The lowest BCUT2D eigenvalue weighted by atomic mass is 9.73. The summed E-state index contributed by atoms with van der Waals surface area (Å²) in [5, 5.41) is 4.13. The highest BCUT2D eigenvalue weighted by atomic mass is 35.5. The molecule has 4 rings (SSSR count). The zero-order valence-corrected chi connectivity index (χ0v) is 14.0. The molecule has 3 fully saturated rings. The quantitative estimate of drug-likeness (QED) is 0.900. The van der Waals surface area contributed by atoms with E-state index in [1.165, 1.54) is 0 Å². The maximum absolute atomic E-state index is 13.5. The van der Waals surface area contributed by atoms with Crippen molar-refractivity contribution in [2.75, 3.05) is 39.4 Å². The van der Waals surface area contributed by atoms with Crippen LogP contribution in [0.15, 0.2) is 24.3 Å². The molecule has 0 aromatic heterocycles. The highest BCUT2D eigenvalue weighted by Gasteiger charge is 2.48. The first-order valence-corrected chi connectivity index (χ1v) is 8.91. The smallest absolute Gasteiger partial charge is 0.233 e. The Balaban J connectivity index is 1.66. The molecule has 0 unspecified atom stereocenters. The van der Waals surface area contributed by atoms with E-state index in [1.54, 1.807) is 0 Å². The molecule has 23 heavy (non-hydrogen) atoms. The van der Waals surface area contributed by atoms with Gasteiger partial charge in [0.25, 0.3) is 0 Å². The van der Waals surface area contributed by atoms with Crippen LogP contribution in [0.2, 0.25) is 5.02 Å². The summed E-state index contributed by atoms with van der Waals surface area (Å²) in [6, 6.07) is 7.82. The molecule has 3 heterocycles. The van der Waals surface area contributed by atoms with Crippen LogP contribution in [-0.2, 0) is 14.9 Å². The molecule has 1 aromatic rings. The average Bonchev–Trinajstić information content (AvgIpc) is 3.17. The second-order valence-electron chi connectivity index (χ2n) is 7.06. The normalized spacial score (nSPS) is 29.5. The minimum atomic E-state index is -0.511. The third-order valence-electron chi connectivity index (χ3n) is 5.82. The number of nitrogens with one attached hydrogen (secondary N) is 1. The summed E-state index contributed by atoms with van der Waals surface area (Å²) in [5.41, 5.74) is 0.466. The SMILES string of the molecule is O=C(N1C[C@H]2CNC[C@H]2C1)C1(c2ccccc2Cl)CCOCC1. The minimum Gasteiger partial charge on any atom is -0.381 e. The number of amides is 1. The predicted molar refractivity (Wildman–Crippen MR) is 89.6 cm³/mol. The molecule has 124 valence electrons. The van der Waals surface area contributed by atoms with Crippen molar-refractivity contribution < 1.29 is 9.53 Å². The fraction of sp³-hybridized carbons (Fsp3) is 0.611. The van der Waals surface area contributed by atoms with Crippen molar-refractivity contribution >= 4 is 17.5 Å². The Morgan fingerprint density at radius 2 is 1.83 bits per heavy atom. The molecular formula is C18H23ClN2O2. The van der Waals surface area contributed by atoms with Gasteiger partial charge >= 0.3 is 0 Å². The van der Waals surface area contributed by atoms with Gasteiger partial charge in [0.2, 0.25) is 5.91 Å². The standard InChI is InChI=1S/C18H23ClN2O2/c19-16-4-2-1-3-15(16)18(5-7-23-8-6-18)17(22)21-11-13-9-20-10-14(13)12-21/h1-4,13-14,20H,5-12H2/t13-,14+. The van der Waals surface area contributed by atoms with E-state index >= 15 is 0 Å². The van der Waals surface area contributed by atoms with Crippen molar-refractivity contribution in [1.82, 2.24) is 10.2 Å². The first kappa shape index (κ1) is 15.4. The van der Waals surface area contributed by atoms with E-state index in [4.69, 9.17) is 16.3 Å². The van der Waals surface area contributed by atoms with Gasteiger partial charge in [-0.3, -0.25) is 4.79 Å². The third kappa shape index (κ3) is 2.57. The van der Waals surface area contributed by atoms with Crippen LogP contribution < -0.4 is 5.32 Å². The van der Waals surface area contributed by atoms with Gasteiger partial charge in [0.1, 0.15) is 0 Å². The van der Waals surface area contributed by atoms with Crippen LogP contribution in [-0.4, -0.2) is 50.2 Å². The topological polar surface area (TPSA) is 41.6 Å². The molecule has 1 aromatic carbocycles. The van der Waals surface area contributed by atoms with Crippen LogP contribution in [0.25, 0.3) is 0 Å². The van der Waals surface area contributed by atoms with Crippen molar-refractivity contribution in [1.29, 1.82) is 0 Å². The summed E-state index contributed by atoms with van der Waals surface area (Å²) < 4.78 is 5.55. The van der Waals surface area contributed by atoms with Gasteiger partial charge in [-0.2, -0.15) is 0 Å². The summed E-state index contributed by atoms with van der Waals surface area (Å²) in [6.45, 7) is 5.08.